The average Bonchev–Trinajstić information content (AvgIpc) is 3.84. The number of aryl methyl sites for hydroxylation is 1. The first-order valence-corrected chi connectivity index (χ1v) is 16.9. The molecular formula is C44H26F3N5Pt. The minimum absolute atomic E-state index is 0. The van der Waals surface area contributed by atoms with Crippen LogP contribution in [0.2, 0.25) is 0 Å². The zero-order valence-corrected chi connectivity index (χ0v) is 30.2. The largest absolute Gasteiger partial charge is 2.00 e. The van der Waals surface area contributed by atoms with Crippen molar-refractivity contribution in [1.29, 1.82) is 0 Å². The van der Waals surface area contributed by atoms with Crippen molar-refractivity contribution in [3.8, 4) is 34.0 Å². The second kappa shape index (κ2) is 12.3. The first-order valence-electron chi connectivity index (χ1n) is 16.9. The first kappa shape index (κ1) is 32.9. The number of rotatable bonds is 4. The van der Waals surface area contributed by atoms with Crippen molar-refractivity contribution < 1.29 is 34.2 Å². The van der Waals surface area contributed by atoms with Gasteiger partial charge in [0.25, 0.3) is 0 Å². The minimum Gasteiger partial charge on any atom is -0.656 e. The van der Waals surface area contributed by atoms with Crippen LogP contribution in [0.15, 0.2) is 140 Å². The van der Waals surface area contributed by atoms with Crippen LogP contribution in [-0.2, 0) is 27.2 Å². The Kier molecular flexibility index (Phi) is 7.64. The molecule has 4 heterocycles. The quantitative estimate of drug-likeness (QED) is 0.166. The molecule has 0 fully saturated rings. The molecule has 10 rings (SSSR count). The number of hydrogen-bond acceptors (Lipinski definition) is 2. The van der Waals surface area contributed by atoms with Gasteiger partial charge in [-0.05, 0) is 70.6 Å². The summed E-state index contributed by atoms with van der Waals surface area (Å²) in [5.41, 5.74) is 8.18. The van der Waals surface area contributed by atoms with Gasteiger partial charge in [0.05, 0.1) is 16.6 Å². The third-order valence-electron chi connectivity index (χ3n) is 9.83. The van der Waals surface area contributed by atoms with Crippen LogP contribution in [0.3, 0.4) is 0 Å². The van der Waals surface area contributed by atoms with E-state index in [1.807, 2.05) is 85.8 Å². The maximum Gasteiger partial charge on any atom is 2.00 e. The molecule has 53 heavy (non-hydrogen) atoms. The van der Waals surface area contributed by atoms with Gasteiger partial charge in [-0.2, -0.15) is 13.2 Å². The van der Waals surface area contributed by atoms with Crippen LogP contribution in [0.5, 0.6) is 0 Å². The van der Waals surface area contributed by atoms with E-state index >= 15 is 0 Å². The summed E-state index contributed by atoms with van der Waals surface area (Å²) in [4.78, 5) is 15.0. The molecule has 0 aliphatic rings. The van der Waals surface area contributed by atoms with Crippen molar-refractivity contribution in [2.24, 2.45) is 0 Å². The Morgan fingerprint density at radius 1 is 0.660 bits per heavy atom. The zero-order valence-electron chi connectivity index (χ0n) is 28.0. The van der Waals surface area contributed by atoms with E-state index in [2.05, 4.69) is 52.0 Å². The van der Waals surface area contributed by atoms with Gasteiger partial charge in [-0.1, -0.05) is 95.9 Å². The van der Waals surface area contributed by atoms with Crippen molar-refractivity contribution >= 4 is 54.6 Å². The summed E-state index contributed by atoms with van der Waals surface area (Å²) in [6.45, 7) is 1.94. The molecule has 10 aromatic rings. The monoisotopic (exact) mass is 876 g/mol. The van der Waals surface area contributed by atoms with Crippen LogP contribution in [0.1, 0.15) is 11.1 Å². The fourth-order valence-electron chi connectivity index (χ4n) is 7.47. The van der Waals surface area contributed by atoms with E-state index in [1.165, 1.54) is 12.1 Å². The molecule has 0 amide bonds. The van der Waals surface area contributed by atoms with Crippen LogP contribution in [-0.4, -0.2) is 19.1 Å². The Morgan fingerprint density at radius 3 is 2.25 bits per heavy atom. The SMILES string of the molecule is Cc1ccnc(-n2c3[c-]c(-c4cccc5c4nc(-c4cccc6c4[n-]c4ccccc46)n5-c4ccccc4)ccc3c3ccc(C(F)(F)F)cc32)c1.[Pt+2]. The number of para-hydroxylation sites is 4. The van der Waals surface area contributed by atoms with E-state index in [4.69, 9.17) is 9.97 Å². The summed E-state index contributed by atoms with van der Waals surface area (Å²) < 4.78 is 45.9. The number of hydrogen-bond donors (Lipinski definition) is 0. The molecule has 0 radical (unpaired) electrons. The van der Waals surface area contributed by atoms with Crippen molar-refractivity contribution in [2.75, 3.05) is 0 Å². The third-order valence-corrected chi connectivity index (χ3v) is 9.83. The first-order chi connectivity index (χ1) is 25.3. The molecule has 4 aromatic heterocycles. The molecule has 9 heteroatoms. The zero-order chi connectivity index (χ0) is 35.1. The normalized spacial score (nSPS) is 12.0. The number of alkyl halides is 3. The molecule has 0 N–H and O–H groups in total. The van der Waals surface area contributed by atoms with E-state index in [-0.39, 0.29) is 21.1 Å². The summed E-state index contributed by atoms with van der Waals surface area (Å²) in [7, 11) is 0. The Labute approximate surface area is 315 Å². The summed E-state index contributed by atoms with van der Waals surface area (Å²) in [5, 5.41) is 3.61. The van der Waals surface area contributed by atoms with Crippen molar-refractivity contribution in [3.63, 3.8) is 0 Å². The van der Waals surface area contributed by atoms with E-state index < -0.39 is 11.7 Å². The topological polar surface area (TPSA) is 49.7 Å². The van der Waals surface area contributed by atoms with Crippen molar-refractivity contribution in [3.05, 3.63) is 157 Å². The van der Waals surface area contributed by atoms with Gasteiger partial charge in [0.1, 0.15) is 11.6 Å². The van der Waals surface area contributed by atoms with Gasteiger partial charge in [0.15, 0.2) is 0 Å². The van der Waals surface area contributed by atoms with Crippen LogP contribution < -0.4 is 4.98 Å². The molecule has 0 saturated carbocycles. The molecular weight excluding hydrogens is 851 g/mol. The van der Waals surface area contributed by atoms with E-state index in [9.17, 15) is 13.2 Å². The Bertz CT molecular complexity index is 3030. The second-order valence-corrected chi connectivity index (χ2v) is 13.0. The fraction of sp³-hybridized carbons (Fsp3) is 0.0455. The Hall–Kier alpha value is -5.98. The van der Waals surface area contributed by atoms with E-state index in [0.29, 0.717) is 22.2 Å². The number of pyridine rings is 1. The van der Waals surface area contributed by atoms with Gasteiger partial charge in [0.2, 0.25) is 0 Å². The molecule has 5 nitrogen and oxygen atoms in total. The van der Waals surface area contributed by atoms with E-state index in [0.717, 1.165) is 78.1 Å². The summed E-state index contributed by atoms with van der Waals surface area (Å²) in [6.07, 6.45) is -2.83. The van der Waals surface area contributed by atoms with Gasteiger partial charge in [0, 0.05) is 23.0 Å². The third kappa shape index (κ3) is 5.19. The molecule has 6 aromatic carbocycles. The number of aromatic nitrogens is 5. The van der Waals surface area contributed by atoms with E-state index in [1.54, 1.807) is 10.8 Å². The molecule has 0 unspecified atom stereocenters. The number of halogens is 3. The molecule has 258 valence electrons. The molecule has 0 bridgehead atoms. The molecule has 0 saturated heterocycles. The number of fused-ring (bicyclic) bond motifs is 7. The van der Waals surface area contributed by atoms with Crippen LogP contribution in [0.4, 0.5) is 13.2 Å². The van der Waals surface area contributed by atoms with Gasteiger partial charge < -0.3 is 9.55 Å². The Morgan fingerprint density at radius 2 is 1.42 bits per heavy atom. The van der Waals surface area contributed by atoms with Gasteiger partial charge >= 0.3 is 27.2 Å². The smallest absolute Gasteiger partial charge is 0.656 e. The van der Waals surface area contributed by atoms with Gasteiger partial charge in [-0.15, -0.1) is 34.8 Å². The minimum atomic E-state index is -4.50. The van der Waals surface area contributed by atoms with Crippen LogP contribution in [0.25, 0.3) is 88.7 Å². The summed E-state index contributed by atoms with van der Waals surface area (Å²) in [5.74, 6) is 1.27. The summed E-state index contributed by atoms with van der Waals surface area (Å²) >= 11 is 0. The number of nitrogens with zero attached hydrogens (tertiary/aromatic N) is 5. The van der Waals surface area contributed by atoms with Crippen LogP contribution in [0, 0.1) is 13.0 Å². The molecule has 0 atom stereocenters. The predicted octanol–water partition coefficient (Wildman–Crippen LogP) is 11.2. The van der Waals surface area contributed by atoms with Crippen molar-refractivity contribution in [2.45, 2.75) is 13.1 Å². The van der Waals surface area contributed by atoms with Gasteiger partial charge in [-0.3, -0.25) is 4.57 Å². The average molecular weight is 877 g/mol. The number of imidazole rings is 1. The molecule has 0 spiro atoms. The summed E-state index contributed by atoms with van der Waals surface area (Å²) in [6, 6.07) is 45.7. The molecule has 0 aliphatic carbocycles. The van der Waals surface area contributed by atoms with Crippen LogP contribution >= 0.6 is 0 Å². The van der Waals surface area contributed by atoms with Gasteiger partial charge in [-0.25, -0.2) is 9.97 Å². The predicted molar refractivity (Wildman–Crippen MR) is 201 cm³/mol. The second-order valence-electron chi connectivity index (χ2n) is 13.0. The fourth-order valence-corrected chi connectivity index (χ4v) is 7.47. The maximum absolute atomic E-state index is 14.0. The number of benzene rings is 6. The Balaban J connectivity index is 0.00000372. The maximum atomic E-state index is 14.0. The standard InChI is InChI=1S/C44H26F3N5.Pt/c1-26-21-22-48-40(23-26)52-38-24-27(17-19-32(38)33-20-18-28(25-39(33)52)44(45,46)47)30-12-8-16-37-42(30)50-43(51(37)29-9-3-2-4-10-29)35-14-7-13-34-31-11-5-6-15-36(31)49-41(34)35;/h2-23,25H,1H3;/q-2;+2. The van der Waals surface area contributed by atoms with Crippen molar-refractivity contribution in [1.82, 2.24) is 24.1 Å². The molecule has 0 aliphatic heterocycles.